The maximum absolute atomic E-state index is 12.7. The van der Waals surface area contributed by atoms with E-state index in [0.717, 1.165) is 11.3 Å². The van der Waals surface area contributed by atoms with Gasteiger partial charge in [0, 0.05) is 18.3 Å². The van der Waals surface area contributed by atoms with E-state index < -0.39 is 10.0 Å². The van der Waals surface area contributed by atoms with E-state index in [4.69, 9.17) is 4.42 Å². The molecule has 1 N–H and O–H groups in total. The summed E-state index contributed by atoms with van der Waals surface area (Å²) in [6.45, 7) is 2.03. The number of hydrogen-bond acceptors (Lipinski definition) is 4. The van der Waals surface area contributed by atoms with Crippen LogP contribution in [0.2, 0.25) is 0 Å². The number of carbonyl (C=O) groups is 1. The average molecular weight is 384 g/mol. The van der Waals surface area contributed by atoms with Gasteiger partial charge in [0.05, 0.1) is 17.7 Å². The zero-order chi connectivity index (χ0) is 19.4. The smallest absolute Gasteiger partial charge is 0.255 e. The van der Waals surface area contributed by atoms with Crippen LogP contribution in [0.15, 0.2) is 76.2 Å². The van der Waals surface area contributed by atoms with Gasteiger partial charge in [-0.25, -0.2) is 8.42 Å². The molecule has 0 spiro atoms. The first-order valence-corrected chi connectivity index (χ1v) is 9.78. The van der Waals surface area contributed by atoms with Gasteiger partial charge in [-0.1, -0.05) is 18.2 Å². The molecule has 6 nitrogen and oxygen atoms in total. The van der Waals surface area contributed by atoms with Crippen LogP contribution in [0.3, 0.4) is 0 Å². The fourth-order valence-corrected chi connectivity index (χ4v) is 3.71. The van der Waals surface area contributed by atoms with E-state index in [1.807, 2.05) is 31.2 Å². The molecule has 0 fully saturated rings. The molecule has 0 aliphatic rings. The van der Waals surface area contributed by atoms with Crippen LogP contribution in [0, 0.1) is 6.92 Å². The van der Waals surface area contributed by atoms with E-state index in [0.29, 0.717) is 11.3 Å². The minimum absolute atomic E-state index is 0.115. The van der Waals surface area contributed by atoms with Gasteiger partial charge in [-0.3, -0.25) is 4.79 Å². The van der Waals surface area contributed by atoms with Crippen molar-refractivity contribution in [3.05, 3.63) is 83.8 Å². The minimum Gasteiger partial charge on any atom is -0.468 e. The van der Waals surface area contributed by atoms with Crippen LogP contribution in [0.1, 0.15) is 21.7 Å². The summed E-state index contributed by atoms with van der Waals surface area (Å²) in [5.74, 6) is 0.257. The number of furan rings is 1. The normalized spacial score (nSPS) is 11.5. The van der Waals surface area contributed by atoms with Crippen molar-refractivity contribution in [3.63, 3.8) is 0 Å². The van der Waals surface area contributed by atoms with E-state index >= 15 is 0 Å². The second kappa shape index (κ2) is 7.77. The second-order valence-corrected chi connectivity index (χ2v) is 8.18. The number of anilines is 1. The lowest BCUT2D eigenvalue weighted by Crippen LogP contribution is -2.26. The Morgan fingerprint density at radius 3 is 2.37 bits per heavy atom. The van der Waals surface area contributed by atoms with Gasteiger partial charge in [0.25, 0.3) is 5.91 Å². The zero-order valence-corrected chi connectivity index (χ0v) is 15.9. The Morgan fingerprint density at radius 1 is 1.04 bits per heavy atom. The number of sulfonamides is 1. The van der Waals surface area contributed by atoms with Crippen LogP contribution in [0.25, 0.3) is 0 Å². The lowest BCUT2D eigenvalue weighted by Gasteiger charge is -2.16. The number of benzene rings is 2. The molecule has 140 valence electrons. The van der Waals surface area contributed by atoms with Crippen molar-refractivity contribution in [1.29, 1.82) is 0 Å². The summed E-state index contributed by atoms with van der Waals surface area (Å²) in [5.41, 5.74) is 2.05. The SMILES string of the molecule is Cc1ccccc1NC(=O)c1ccc(S(=O)(=O)N(C)Cc2ccco2)cc1. The molecule has 1 heterocycles. The maximum Gasteiger partial charge on any atom is 0.255 e. The Balaban J connectivity index is 1.74. The van der Waals surface area contributed by atoms with Gasteiger partial charge < -0.3 is 9.73 Å². The standard InChI is InChI=1S/C20H20N2O4S/c1-15-6-3-4-8-19(15)21-20(23)16-9-11-18(12-10-16)27(24,25)22(2)14-17-7-5-13-26-17/h3-13H,14H2,1-2H3,(H,21,23). The highest BCUT2D eigenvalue weighted by molar-refractivity contribution is 7.89. The fraction of sp³-hybridized carbons (Fsp3) is 0.150. The van der Waals surface area contributed by atoms with Gasteiger partial charge >= 0.3 is 0 Å². The number of rotatable bonds is 6. The maximum atomic E-state index is 12.7. The molecule has 1 aromatic heterocycles. The van der Waals surface area contributed by atoms with Gasteiger partial charge in [0.2, 0.25) is 10.0 Å². The Kier molecular flexibility index (Phi) is 5.43. The summed E-state index contributed by atoms with van der Waals surface area (Å²) in [5, 5.41) is 2.83. The first kappa shape index (κ1) is 18.9. The lowest BCUT2D eigenvalue weighted by atomic mass is 10.1. The van der Waals surface area contributed by atoms with Crippen molar-refractivity contribution in [2.24, 2.45) is 0 Å². The first-order chi connectivity index (χ1) is 12.9. The summed E-state index contributed by atoms with van der Waals surface area (Å²) >= 11 is 0. The topological polar surface area (TPSA) is 79.6 Å². The van der Waals surface area contributed by atoms with E-state index in [2.05, 4.69) is 5.32 Å². The highest BCUT2D eigenvalue weighted by Crippen LogP contribution is 2.19. The Bertz CT molecular complexity index is 1030. The third-order valence-electron chi connectivity index (χ3n) is 4.18. The number of nitrogens with zero attached hydrogens (tertiary/aromatic N) is 1. The summed E-state index contributed by atoms with van der Waals surface area (Å²) in [4.78, 5) is 12.5. The molecule has 0 bridgehead atoms. The molecule has 3 rings (SSSR count). The van der Waals surface area contributed by atoms with E-state index in [9.17, 15) is 13.2 Å². The van der Waals surface area contributed by atoms with Crippen LogP contribution in [-0.4, -0.2) is 25.7 Å². The average Bonchev–Trinajstić information content (AvgIpc) is 3.16. The van der Waals surface area contributed by atoms with Crippen molar-refractivity contribution >= 4 is 21.6 Å². The van der Waals surface area contributed by atoms with Crippen LogP contribution >= 0.6 is 0 Å². The first-order valence-electron chi connectivity index (χ1n) is 8.34. The number of carbonyl (C=O) groups excluding carboxylic acids is 1. The molecule has 1 amide bonds. The van der Waals surface area contributed by atoms with Crippen LogP contribution in [0.4, 0.5) is 5.69 Å². The third-order valence-corrected chi connectivity index (χ3v) is 5.99. The molecular formula is C20H20N2O4S. The summed E-state index contributed by atoms with van der Waals surface area (Å²) < 4.78 is 31.7. The lowest BCUT2D eigenvalue weighted by molar-refractivity contribution is 0.102. The molecule has 7 heteroatoms. The van der Waals surface area contributed by atoms with Gasteiger partial charge in [-0.15, -0.1) is 0 Å². The number of para-hydroxylation sites is 1. The van der Waals surface area contributed by atoms with Crippen molar-refractivity contribution < 1.29 is 17.6 Å². The largest absolute Gasteiger partial charge is 0.468 e. The number of nitrogens with one attached hydrogen (secondary N) is 1. The molecule has 0 atom stereocenters. The van der Waals surface area contributed by atoms with Gasteiger partial charge in [-0.05, 0) is 55.0 Å². The third kappa shape index (κ3) is 4.27. The van der Waals surface area contributed by atoms with Gasteiger partial charge in [0.1, 0.15) is 5.76 Å². The molecule has 2 aromatic carbocycles. The Labute approximate surface area is 158 Å². The molecule has 0 saturated heterocycles. The predicted octanol–water partition coefficient (Wildman–Crippen LogP) is 3.66. The number of hydrogen-bond donors (Lipinski definition) is 1. The van der Waals surface area contributed by atoms with Crippen LogP contribution in [-0.2, 0) is 16.6 Å². The molecule has 27 heavy (non-hydrogen) atoms. The number of amides is 1. The molecule has 0 unspecified atom stereocenters. The monoisotopic (exact) mass is 384 g/mol. The fourth-order valence-electron chi connectivity index (χ4n) is 2.57. The number of aryl methyl sites for hydroxylation is 1. The Morgan fingerprint density at radius 2 is 1.74 bits per heavy atom. The van der Waals surface area contributed by atoms with Gasteiger partial charge in [-0.2, -0.15) is 4.31 Å². The summed E-state index contributed by atoms with van der Waals surface area (Å²) in [6, 6.07) is 16.7. The van der Waals surface area contributed by atoms with E-state index in [1.54, 1.807) is 12.1 Å². The predicted molar refractivity (Wildman–Crippen MR) is 103 cm³/mol. The molecule has 0 saturated carbocycles. The minimum atomic E-state index is -3.68. The molecule has 0 radical (unpaired) electrons. The van der Waals surface area contributed by atoms with Crippen molar-refractivity contribution in [1.82, 2.24) is 4.31 Å². The molecular weight excluding hydrogens is 364 g/mol. The summed E-state index contributed by atoms with van der Waals surface area (Å²) in [7, 11) is -2.20. The second-order valence-electron chi connectivity index (χ2n) is 6.13. The quantitative estimate of drug-likeness (QED) is 0.703. The zero-order valence-electron chi connectivity index (χ0n) is 15.0. The van der Waals surface area contributed by atoms with Crippen molar-refractivity contribution in [3.8, 4) is 0 Å². The van der Waals surface area contributed by atoms with Crippen LogP contribution < -0.4 is 5.32 Å². The highest BCUT2D eigenvalue weighted by atomic mass is 32.2. The highest BCUT2D eigenvalue weighted by Gasteiger charge is 2.22. The summed E-state index contributed by atoms with van der Waals surface area (Å²) in [6.07, 6.45) is 1.50. The van der Waals surface area contributed by atoms with E-state index in [1.165, 1.54) is 41.9 Å². The van der Waals surface area contributed by atoms with E-state index in [-0.39, 0.29) is 17.3 Å². The van der Waals surface area contributed by atoms with Crippen LogP contribution in [0.5, 0.6) is 0 Å². The van der Waals surface area contributed by atoms with Gasteiger partial charge in [0.15, 0.2) is 0 Å². The molecule has 0 aliphatic carbocycles. The molecule has 3 aromatic rings. The molecule has 0 aliphatic heterocycles. The Hall–Kier alpha value is -2.90. The van der Waals surface area contributed by atoms with Crippen molar-refractivity contribution in [2.75, 3.05) is 12.4 Å². The van der Waals surface area contributed by atoms with Crippen molar-refractivity contribution in [2.45, 2.75) is 18.4 Å².